The van der Waals surface area contributed by atoms with Gasteiger partial charge in [-0.25, -0.2) is 9.97 Å². The number of fused-ring (bicyclic) bond motifs is 1. The standard InChI is InChI=1S/C21H23N5O2S/c1-12-3-5-17(14-4-6-18-16(8-14)24-11-29-18)26(10-12)21(28)20(27)25-15-7-13(2)19(22)23-9-15/h4,6-9,11-12,17H,3,5,10H2,1-2H3,(H2,22,23)(H,25,27)/t12-,17-/m0/s1. The summed E-state index contributed by atoms with van der Waals surface area (Å²) in [5.41, 5.74) is 10.7. The lowest BCUT2D eigenvalue weighted by Crippen LogP contribution is -2.46. The van der Waals surface area contributed by atoms with Crippen LogP contribution in [-0.2, 0) is 9.59 Å². The highest BCUT2D eigenvalue weighted by Crippen LogP contribution is 2.35. The highest BCUT2D eigenvalue weighted by molar-refractivity contribution is 7.16. The number of carbonyl (C=O) groups excluding carboxylic acids is 2. The van der Waals surface area contributed by atoms with Crippen LogP contribution < -0.4 is 11.1 Å². The highest BCUT2D eigenvalue weighted by Gasteiger charge is 2.34. The summed E-state index contributed by atoms with van der Waals surface area (Å²) in [5.74, 6) is -0.456. The van der Waals surface area contributed by atoms with Crippen LogP contribution in [0.25, 0.3) is 10.2 Å². The van der Waals surface area contributed by atoms with Gasteiger partial charge in [0.15, 0.2) is 0 Å². The lowest BCUT2D eigenvalue weighted by Gasteiger charge is -2.38. The van der Waals surface area contributed by atoms with Gasteiger partial charge in [0.2, 0.25) is 0 Å². The predicted octanol–water partition coefficient (Wildman–Crippen LogP) is 3.52. The number of pyridine rings is 1. The summed E-state index contributed by atoms with van der Waals surface area (Å²) in [6, 6.07) is 7.66. The maximum absolute atomic E-state index is 13.1. The number of benzene rings is 1. The summed E-state index contributed by atoms with van der Waals surface area (Å²) in [6.07, 6.45) is 3.28. The maximum Gasteiger partial charge on any atom is 0.313 e. The number of amides is 2. The molecule has 2 atom stereocenters. The van der Waals surface area contributed by atoms with E-state index in [0.29, 0.717) is 24.0 Å². The van der Waals surface area contributed by atoms with E-state index >= 15 is 0 Å². The molecule has 1 aliphatic rings. The normalized spacial score (nSPS) is 19.3. The summed E-state index contributed by atoms with van der Waals surface area (Å²) in [6.45, 7) is 4.45. The van der Waals surface area contributed by atoms with E-state index in [1.54, 1.807) is 29.2 Å². The highest BCUT2D eigenvalue weighted by atomic mass is 32.1. The van der Waals surface area contributed by atoms with Crippen molar-refractivity contribution in [3.63, 3.8) is 0 Å². The van der Waals surface area contributed by atoms with Crippen molar-refractivity contribution in [1.82, 2.24) is 14.9 Å². The van der Waals surface area contributed by atoms with Crippen LogP contribution in [0.5, 0.6) is 0 Å². The fourth-order valence-corrected chi connectivity index (χ4v) is 4.43. The Bertz CT molecular complexity index is 1080. The summed E-state index contributed by atoms with van der Waals surface area (Å²) in [7, 11) is 0. The lowest BCUT2D eigenvalue weighted by atomic mass is 9.89. The third kappa shape index (κ3) is 3.93. The molecule has 0 spiro atoms. The number of nitrogens with two attached hydrogens (primary N) is 1. The van der Waals surface area contributed by atoms with Gasteiger partial charge < -0.3 is 16.0 Å². The molecule has 0 aliphatic carbocycles. The fraction of sp³-hybridized carbons (Fsp3) is 0.333. The molecule has 7 nitrogen and oxygen atoms in total. The van der Waals surface area contributed by atoms with Crippen LogP contribution >= 0.6 is 11.3 Å². The molecular weight excluding hydrogens is 386 g/mol. The largest absolute Gasteiger partial charge is 0.383 e. The molecule has 1 aliphatic heterocycles. The second-order valence-electron chi connectivity index (χ2n) is 7.62. The van der Waals surface area contributed by atoms with E-state index in [1.807, 2.05) is 23.7 Å². The molecule has 1 saturated heterocycles. The number of aromatic nitrogens is 2. The monoisotopic (exact) mass is 409 g/mol. The Morgan fingerprint density at radius 2 is 2.07 bits per heavy atom. The number of carbonyl (C=O) groups is 2. The molecule has 0 saturated carbocycles. The number of likely N-dealkylation sites (tertiary alicyclic amines) is 1. The Balaban J connectivity index is 1.57. The van der Waals surface area contributed by atoms with Crippen LogP contribution in [-0.4, -0.2) is 33.2 Å². The summed E-state index contributed by atoms with van der Waals surface area (Å²) >= 11 is 1.59. The van der Waals surface area contributed by atoms with Gasteiger partial charge in [-0.1, -0.05) is 13.0 Å². The minimum Gasteiger partial charge on any atom is -0.383 e. The second-order valence-corrected chi connectivity index (χ2v) is 8.50. The quantitative estimate of drug-likeness (QED) is 0.631. The topological polar surface area (TPSA) is 101 Å². The van der Waals surface area contributed by atoms with E-state index < -0.39 is 11.8 Å². The fourth-order valence-electron chi connectivity index (χ4n) is 3.77. The number of hydrogen-bond acceptors (Lipinski definition) is 6. The first-order chi connectivity index (χ1) is 13.9. The molecule has 29 heavy (non-hydrogen) atoms. The number of thiazole rings is 1. The number of hydrogen-bond donors (Lipinski definition) is 2. The van der Waals surface area contributed by atoms with E-state index in [4.69, 9.17) is 5.73 Å². The van der Waals surface area contributed by atoms with Crippen LogP contribution in [0.1, 0.15) is 36.9 Å². The van der Waals surface area contributed by atoms with Gasteiger partial charge in [0.25, 0.3) is 0 Å². The number of nitrogen functional groups attached to an aromatic ring is 1. The van der Waals surface area contributed by atoms with Crippen molar-refractivity contribution in [2.75, 3.05) is 17.6 Å². The van der Waals surface area contributed by atoms with Gasteiger partial charge in [-0.2, -0.15) is 0 Å². The Kier molecular flexibility index (Phi) is 5.19. The lowest BCUT2D eigenvalue weighted by molar-refractivity contribution is -0.146. The molecule has 3 heterocycles. The molecule has 1 aromatic carbocycles. The third-order valence-electron chi connectivity index (χ3n) is 5.39. The third-order valence-corrected chi connectivity index (χ3v) is 6.20. The molecule has 0 radical (unpaired) electrons. The van der Waals surface area contributed by atoms with Crippen LogP contribution in [0.15, 0.2) is 36.0 Å². The summed E-state index contributed by atoms with van der Waals surface area (Å²) < 4.78 is 1.11. The van der Waals surface area contributed by atoms with Gasteiger partial charge in [-0.15, -0.1) is 11.3 Å². The Hall–Kier alpha value is -3.00. The van der Waals surface area contributed by atoms with Gasteiger partial charge in [-0.3, -0.25) is 9.59 Å². The van der Waals surface area contributed by atoms with Crippen molar-refractivity contribution in [3.8, 4) is 0 Å². The van der Waals surface area contributed by atoms with E-state index in [2.05, 4.69) is 22.2 Å². The van der Waals surface area contributed by atoms with Gasteiger partial charge in [0.05, 0.1) is 33.7 Å². The van der Waals surface area contributed by atoms with Crippen LogP contribution in [0.3, 0.4) is 0 Å². The zero-order valence-corrected chi connectivity index (χ0v) is 17.2. The van der Waals surface area contributed by atoms with Crippen molar-refractivity contribution >= 4 is 44.9 Å². The molecule has 2 amide bonds. The first-order valence-electron chi connectivity index (χ1n) is 9.59. The summed E-state index contributed by atoms with van der Waals surface area (Å²) in [5, 5.41) is 2.66. The van der Waals surface area contributed by atoms with E-state index in [0.717, 1.165) is 34.2 Å². The van der Waals surface area contributed by atoms with Crippen molar-refractivity contribution in [3.05, 3.63) is 47.1 Å². The van der Waals surface area contributed by atoms with Crippen LogP contribution in [0.4, 0.5) is 11.5 Å². The Labute approximate surface area is 173 Å². The number of nitrogens with zero attached hydrogens (tertiary/aromatic N) is 3. The first-order valence-corrected chi connectivity index (χ1v) is 10.5. The molecule has 8 heteroatoms. The SMILES string of the molecule is Cc1cc(NC(=O)C(=O)N2C[C@@H](C)CC[C@H]2c2ccc3scnc3c2)cnc1N. The molecule has 150 valence electrons. The predicted molar refractivity (Wildman–Crippen MR) is 114 cm³/mol. The number of aryl methyl sites for hydroxylation is 1. The van der Waals surface area contributed by atoms with Gasteiger partial charge in [-0.05, 0) is 55.0 Å². The van der Waals surface area contributed by atoms with Crippen LogP contribution in [0, 0.1) is 12.8 Å². The molecular formula is C21H23N5O2S. The van der Waals surface area contributed by atoms with Crippen molar-refractivity contribution in [2.24, 2.45) is 5.92 Å². The minimum absolute atomic E-state index is 0.137. The zero-order valence-electron chi connectivity index (χ0n) is 16.4. The number of nitrogens with one attached hydrogen (secondary N) is 1. The molecule has 3 N–H and O–H groups in total. The second kappa shape index (κ2) is 7.79. The average Bonchev–Trinajstić information content (AvgIpc) is 3.18. The molecule has 3 aromatic rings. The first kappa shape index (κ1) is 19.3. The van der Waals surface area contributed by atoms with Crippen molar-refractivity contribution in [1.29, 1.82) is 0 Å². The Morgan fingerprint density at radius 1 is 1.24 bits per heavy atom. The minimum atomic E-state index is -0.662. The number of anilines is 2. The van der Waals surface area contributed by atoms with E-state index in [-0.39, 0.29) is 6.04 Å². The Morgan fingerprint density at radius 3 is 2.86 bits per heavy atom. The molecule has 1 fully saturated rings. The van der Waals surface area contributed by atoms with E-state index in [1.165, 1.54) is 6.20 Å². The molecule has 0 unspecified atom stereocenters. The van der Waals surface area contributed by atoms with Crippen molar-refractivity contribution < 1.29 is 9.59 Å². The van der Waals surface area contributed by atoms with E-state index in [9.17, 15) is 9.59 Å². The molecule has 0 bridgehead atoms. The van der Waals surface area contributed by atoms with Gasteiger partial charge in [0.1, 0.15) is 5.82 Å². The average molecular weight is 410 g/mol. The maximum atomic E-state index is 13.1. The molecule has 4 rings (SSSR count). The smallest absolute Gasteiger partial charge is 0.313 e. The number of rotatable bonds is 2. The van der Waals surface area contributed by atoms with Crippen molar-refractivity contribution in [2.45, 2.75) is 32.7 Å². The van der Waals surface area contributed by atoms with Gasteiger partial charge in [0, 0.05) is 6.54 Å². The number of piperidine rings is 1. The molecule has 2 aromatic heterocycles. The van der Waals surface area contributed by atoms with Gasteiger partial charge >= 0.3 is 11.8 Å². The summed E-state index contributed by atoms with van der Waals surface area (Å²) in [4.78, 5) is 35.9. The van der Waals surface area contributed by atoms with Crippen LogP contribution in [0.2, 0.25) is 0 Å². The zero-order chi connectivity index (χ0) is 20.5.